The summed E-state index contributed by atoms with van der Waals surface area (Å²) in [6, 6.07) is 0.148. The zero-order chi connectivity index (χ0) is 12.6. The van der Waals surface area contributed by atoms with Crippen LogP contribution in [0.4, 0.5) is 0 Å². The van der Waals surface area contributed by atoms with Gasteiger partial charge in [0, 0.05) is 19.2 Å². The summed E-state index contributed by atoms with van der Waals surface area (Å²) in [6.07, 6.45) is 0.291. The van der Waals surface area contributed by atoms with E-state index in [9.17, 15) is 4.79 Å². The number of aliphatic hydroxyl groups is 1. The highest BCUT2D eigenvalue weighted by atomic mass is 16.5. The molecule has 3 atom stereocenters. The average molecular weight is 232 g/mol. The molecule has 96 valence electrons. The third kappa shape index (κ3) is 8.64. The molecule has 0 saturated carbocycles. The van der Waals surface area contributed by atoms with E-state index in [1.54, 1.807) is 14.0 Å². The van der Waals surface area contributed by atoms with Crippen molar-refractivity contribution in [3.63, 3.8) is 0 Å². The minimum Gasteiger partial charge on any atom is -0.393 e. The van der Waals surface area contributed by atoms with Crippen molar-refractivity contribution in [1.82, 2.24) is 10.6 Å². The average Bonchev–Trinajstić information content (AvgIpc) is 2.14. The van der Waals surface area contributed by atoms with Gasteiger partial charge in [-0.3, -0.25) is 4.79 Å². The molecule has 0 aromatic heterocycles. The molecular formula is C11H24N2O3. The van der Waals surface area contributed by atoms with Gasteiger partial charge < -0.3 is 20.5 Å². The normalized spacial score (nSPS) is 16.6. The second-order valence-electron chi connectivity index (χ2n) is 4.29. The molecule has 0 aromatic rings. The number of aliphatic hydroxyl groups excluding tert-OH is 1. The number of carbonyl (C=O) groups excluding carboxylic acids is 1. The number of carbonyl (C=O) groups is 1. The van der Waals surface area contributed by atoms with E-state index in [0.717, 1.165) is 0 Å². The van der Waals surface area contributed by atoms with Crippen LogP contribution < -0.4 is 10.6 Å². The SMILES string of the molecule is COCC(C)NC(=O)CNC(C)CC(C)O. The summed E-state index contributed by atoms with van der Waals surface area (Å²) < 4.78 is 4.91. The van der Waals surface area contributed by atoms with Crippen molar-refractivity contribution in [2.45, 2.75) is 45.4 Å². The highest BCUT2D eigenvalue weighted by Gasteiger charge is 2.09. The smallest absolute Gasteiger partial charge is 0.234 e. The van der Waals surface area contributed by atoms with Crippen LogP contribution in [0.5, 0.6) is 0 Å². The van der Waals surface area contributed by atoms with Crippen LogP contribution in [0.3, 0.4) is 0 Å². The highest BCUT2D eigenvalue weighted by Crippen LogP contribution is 1.95. The first-order valence-corrected chi connectivity index (χ1v) is 5.65. The third-order valence-corrected chi connectivity index (χ3v) is 2.13. The van der Waals surface area contributed by atoms with Gasteiger partial charge >= 0.3 is 0 Å². The van der Waals surface area contributed by atoms with E-state index < -0.39 is 0 Å². The molecule has 0 saturated heterocycles. The summed E-state index contributed by atoms with van der Waals surface area (Å²) >= 11 is 0. The summed E-state index contributed by atoms with van der Waals surface area (Å²) in [4.78, 5) is 11.4. The Morgan fingerprint density at radius 2 is 1.94 bits per heavy atom. The van der Waals surface area contributed by atoms with E-state index in [2.05, 4.69) is 10.6 Å². The Kier molecular flexibility index (Phi) is 8.15. The van der Waals surface area contributed by atoms with Crippen LogP contribution >= 0.6 is 0 Å². The molecule has 1 amide bonds. The summed E-state index contributed by atoms with van der Waals surface area (Å²) in [7, 11) is 1.60. The van der Waals surface area contributed by atoms with Crippen LogP contribution in [0.2, 0.25) is 0 Å². The Balaban J connectivity index is 3.64. The van der Waals surface area contributed by atoms with Crippen LogP contribution in [0.1, 0.15) is 27.2 Å². The number of nitrogens with one attached hydrogen (secondary N) is 2. The molecule has 0 fully saturated rings. The van der Waals surface area contributed by atoms with E-state index >= 15 is 0 Å². The lowest BCUT2D eigenvalue weighted by Crippen LogP contribution is -2.43. The fraction of sp³-hybridized carbons (Fsp3) is 0.909. The molecule has 0 bridgehead atoms. The second kappa shape index (κ2) is 8.50. The standard InChI is InChI=1S/C11H24N2O3/c1-8(5-10(3)14)12-6-11(15)13-9(2)7-16-4/h8-10,12,14H,5-7H2,1-4H3,(H,13,15). The Labute approximate surface area is 97.6 Å². The first kappa shape index (κ1) is 15.3. The van der Waals surface area contributed by atoms with Crippen LogP contribution in [0.15, 0.2) is 0 Å². The zero-order valence-electron chi connectivity index (χ0n) is 10.6. The minimum atomic E-state index is -0.349. The van der Waals surface area contributed by atoms with Gasteiger partial charge in [0.05, 0.1) is 19.3 Å². The van der Waals surface area contributed by atoms with Crippen molar-refractivity contribution in [3.8, 4) is 0 Å². The number of methoxy groups -OCH3 is 1. The molecule has 5 nitrogen and oxygen atoms in total. The predicted octanol–water partition coefficient (Wildman–Crippen LogP) is -0.113. The van der Waals surface area contributed by atoms with Crippen LogP contribution in [-0.4, -0.2) is 49.5 Å². The molecule has 0 rings (SSSR count). The van der Waals surface area contributed by atoms with E-state index in [0.29, 0.717) is 13.0 Å². The predicted molar refractivity (Wildman–Crippen MR) is 63.2 cm³/mol. The molecule has 3 unspecified atom stereocenters. The maximum absolute atomic E-state index is 11.4. The first-order chi connectivity index (χ1) is 7.45. The number of amides is 1. The van der Waals surface area contributed by atoms with Gasteiger partial charge in [-0.15, -0.1) is 0 Å². The number of hydrogen-bond donors (Lipinski definition) is 3. The highest BCUT2D eigenvalue weighted by molar-refractivity contribution is 5.78. The van der Waals surface area contributed by atoms with E-state index in [4.69, 9.17) is 9.84 Å². The topological polar surface area (TPSA) is 70.6 Å². The largest absolute Gasteiger partial charge is 0.393 e. The third-order valence-electron chi connectivity index (χ3n) is 2.13. The number of ether oxygens (including phenoxy) is 1. The molecule has 16 heavy (non-hydrogen) atoms. The van der Waals surface area contributed by atoms with Gasteiger partial charge in [0.2, 0.25) is 5.91 Å². The maximum Gasteiger partial charge on any atom is 0.234 e. The Morgan fingerprint density at radius 3 is 2.44 bits per heavy atom. The van der Waals surface area contributed by atoms with Crippen LogP contribution in [-0.2, 0) is 9.53 Å². The van der Waals surface area contributed by atoms with Gasteiger partial charge in [-0.05, 0) is 27.2 Å². The molecule has 0 aliphatic heterocycles. The molecule has 0 aliphatic rings. The van der Waals surface area contributed by atoms with Gasteiger partial charge in [-0.2, -0.15) is 0 Å². The monoisotopic (exact) mass is 232 g/mol. The van der Waals surface area contributed by atoms with Crippen molar-refractivity contribution >= 4 is 5.91 Å². The quantitative estimate of drug-likeness (QED) is 0.546. The van der Waals surface area contributed by atoms with Crippen LogP contribution in [0, 0.1) is 0 Å². The molecule has 3 N–H and O–H groups in total. The van der Waals surface area contributed by atoms with E-state index in [1.165, 1.54) is 0 Å². The Bertz CT molecular complexity index is 198. The Hall–Kier alpha value is -0.650. The second-order valence-corrected chi connectivity index (χ2v) is 4.29. The maximum atomic E-state index is 11.4. The van der Waals surface area contributed by atoms with Gasteiger partial charge in [-0.25, -0.2) is 0 Å². The van der Waals surface area contributed by atoms with Crippen molar-refractivity contribution in [1.29, 1.82) is 0 Å². The van der Waals surface area contributed by atoms with Crippen molar-refractivity contribution in [2.24, 2.45) is 0 Å². The molecular weight excluding hydrogens is 208 g/mol. The van der Waals surface area contributed by atoms with Crippen molar-refractivity contribution in [2.75, 3.05) is 20.3 Å². The first-order valence-electron chi connectivity index (χ1n) is 5.65. The van der Waals surface area contributed by atoms with Crippen LogP contribution in [0.25, 0.3) is 0 Å². The summed E-state index contributed by atoms with van der Waals surface area (Å²) in [5.41, 5.74) is 0. The number of hydrogen-bond acceptors (Lipinski definition) is 4. The summed E-state index contributed by atoms with van der Waals surface area (Å²) in [6.45, 7) is 6.34. The lowest BCUT2D eigenvalue weighted by Gasteiger charge is -2.17. The van der Waals surface area contributed by atoms with Gasteiger partial charge in [0.1, 0.15) is 0 Å². The molecule has 0 aromatic carbocycles. The van der Waals surface area contributed by atoms with Gasteiger partial charge in [0.15, 0.2) is 0 Å². The van der Waals surface area contributed by atoms with Crippen molar-refractivity contribution < 1.29 is 14.6 Å². The zero-order valence-corrected chi connectivity index (χ0v) is 10.6. The summed E-state index contributed by atoms with van der Waals surface area (Å²) in [5.74, 6) is -0.0537. The van der Waals surface area contributed by atoms with Gasteiger partial charge in [0.25, 0.3) is 0 Å². The molecule has 5 heteroatoms. The molecule has 0 spiro atoms. The lowest BCUT2D eigenvalue weighted by molar-refractivity contribution is -0.121. The lowest BCUT2D eigenvalue weighted by atomic mass is 10.1. The molecule has 0 heterocycles. The Morgan fingerprint density at radius 1 is 1.31 bits per heavy atom. The summed E-state index contributed by atoms with van der Waals surface area (Å²) in [5, 5.41) is 15.0. The van der Waals surface area contributed by atoms with E-state index in [1.807, 2.05) is 13.8 Å². The minimum absolute atomic E-state index is 0.0198. The fourth-order valence-corrected chi connectivity index (χ4v) is 1.48. The number of rotatable bonds is 8. The van der Waals surface area contributed by atoms with E-state index in [-0.39, 0.29) is 30.6 Å². The molecule has 0 aliphatic carbocycles. The fourth-order valence-electron chi connectivity index (χ4n) is 1.48. The van der Waals surface area contributed by atoms with Gasteiger partial charge in [-0.1, -0.05) is 0 Å². The van der Waals surface area contributed by atoms with Crippen molar-refractivity contribution in [3.05, 3.63) is 0 Å². The molecule has 0 radical (unpaired) electrons.